The van der Waals surface area contributed by atoms with Crippen LogP contribution in [0.3, 0.4) is 0 Å². The Morgan fingerprint density at radius 2 is 1.28 bits per heavy atom. The number of aliphatic carboxylic acids is 1. The topological polar surface area (TPSA) is 155 Å². The number of amides is 2. The first kappa shape index (κ1) is 53.3. The quantitative estimate of drug-likeness (QED) is 0.0999. The monoisotopic (exact) mass is 1070 g/mol. The minimum atomic E-state index is -2.81. The van der Waals surface area contributed by atoms with Gasteiger partial charge in [-0.05, 0) is 106 Å². The highest BCUT2D eigenvalue weighted by Crippen LogP contribution is 2.42. The highest BCUT2D eigenvalue weighted by atomic mass is 19.3. The number of benzene rings is 2. The van der Waals surface area contributed by atoms with Crippen molar-refractivity contribution in [3.63, 3.8) is 0 Å². The van der Waals surface area contributed by atoms with E-state index in [-0.39, 0.29) is 23.8 Å². The zero-order chi connectivity index (χ0) is 54.4. The number of piperazine rings is 2. The molecule has 2 amide bonds. The molecule has 8 heterocycles. The number of fused-ring (bicyclic) bond motifs is 2. The van der Waals surface area contributed by atoms with Gasteiger partial charge >= 0.3 is 18.7 Å². The van der Waals surface area contributed by atoms with Crippen molar-refractivity contribution in [2.24, 2.45) is 5.92 Å². The number of hydrogen-bond donors (Lipinski definition) is 2. The number of halogens is 2. The Kier molecular flexibility index (Phi) is 15.4. The summed E-state index contributed by atoms with van der Waals surface area (Å²) < 4.78 is 43.4. The second-order valence-electron chi connectivity index (χ2n) is 22.5. The number of aliphatic hydroxyl groups is 1. The van der Waals surface area contributed by atoms with E-state index in [0.29, 0.717) is 83.3 Å². The highest BCUT2D eigenvalue weighted by molar-refractivity contribution is 5.84. The van der Waals surface area contributed by atoms with Crippen molar-refractivity contribution < 1.29 is 47.5 Å². The van der Waals surface area contributed by atoms with Gasteiger partial charge in [-0.15, -0.1) is 9.20 Å². The summed E-state index contributed by atoms with van der Waals surface area (Å²) in [6.45, 7) is 12.9. The number of aromatic nitrogens is 4. The van der Waals surface area contributed by atoms with E-state index in [2.05, 4.69) is 129 Å². The largest absolute Gasteiger partial charge is 0.478 e. The summed E-state index contributed by atoms with van der Waals surface area (Å²) in [5.41, 5.74) is 10.5. The van der Waals surface area contributed by atoms with Crippen LogP contribution in [0.1, 0.15) is 82.4 Å². The number of nitrogens with zero attached hydrogens (tertiary/aromatic N) is 10. The van der Waals surface area contributed by atoms with E-state index >= 15 is 0 Å². The number of carbonyl (C=O) groups is 3. The van der Waals surface area contributed by atoms with Gasteiger partial charge in [-0.3, -0.25) is 4.79 Å². The molecule has 0 radical (unpaired) electrons. The zero-order valence-electron chi connectivity index (χ0n) is 45.1. The molecule has 3 unspecified atom stereocenters. The maximum Gasteiger partial charge on any atom is 0.410 e. The number of carboxylic acids is 1. The minimum Gasteiger partial charge on any atom is -0.478 e. The van der Waals surface area contributed by atoms with Crippen LogP contribution in [0.15, 0.2) is 97.6 Å². The first-order valence-electron chi connectivity index (χ1n) is 28.0. The van der Waals surface area contributed by atoms with E-state index in [1.165, 1.54) is 10.5 Å². The Morgan fingerprint density at radius 3 is 1.90 bits per heavy atom. The number of rotatable bonds is 15. The summed E-state index contributed by atoms with van der Waals surface area (Å²) in [6, 6.07) is 26.5. The molecule has 5 aliphatic rings. The van der Waals surface area contributed by atoms with Crippen LogP contribution in [0.4, 0.5) is 25.0 Å². The molecule has 17 nitrogen and oxygen atoms in total. The Balaban J connectivity index is 0.773. The molecule has 4 saturated heterocycles. The lowest BCUT2D eigenvalue weighted by atomic mass is 9.86. The van der Waals surface area contributed by atoms with Gasteiger partial charge in [0.25, 0.3) is 0 Å². The molecule has 5 fully saturated rings. The van der Waals surface area contributed by atoms with Crippen LogP contribution >= 0.6 is 0 Å². The van der Waals surface area contributed by atoms with Crippen LogP contribution in [0.5, 0.6) is 0 Å². The predicted molar refractivity (Wildman–Crippen MR) is 292 cm³/mol. The molecular weight excluding hydrogens is 999 g/mol. The normalized spacial score (nSPS) is 22.3. The van der Waals surface area contributed by atoms with Crippen molar-refractivity contribution in [3.8, 4) is 22.3 Å². The number of aliphatic hydroxyl groups excluding tert-OH is 1. The van der Waals surface area contributed by atoms with Gasteiger partial charge in [0.1, 0.15) is 11.4 Å². The van der Waals surface area contributed by atoms with Gasteiger partial charge in [-0.25, -0.2) is 14.1 Å². The second kappa shape index (κ2) is 22.6. The fourth-order valence-electron chi connectivity index (χ4n) is 12.6. The highest BCUT2D eigenvalue weighted by Gasteiger charge is 2.54. The lowest BCUT2D eigenvalue weighted by Gasteiger charge is -2.40. The van der Waals surface area contributed by atoms with Crippen molar-refractivity contribution in [2.45, 2.75) is 102 Å². The smallest absolute Gasteiger partial charge is 0.410 e. The fraction of sp³-hybridized carbons (Fsp3) is 0.508. The first-order valence-corrected chi connectivity index (χ1v) is 28.0. The third-order valence-electron chi connectivity index (χ3n) is 17.3. The third-order valence-corrected chi connectivity index (χ3v) is 17.3. The molecule has 78 heavy (non-hydrogen) atoms. The average molecular weight is 1070 g/mol. The number of anilines is 2. The molecule has 0 bridgehead atoms. The Labute approximate surface area is 454 Å². The van der Waals surface area contributed by atoms with Gasteiger partial charge in [0.15, 0.2) is 12.2 Å². The van der Waals surface area contributed by atoms with E-state index in [0.717, 1.165) is 89.1 Å². The molecule has 5 atom stereocenters. The van der Waals surface area contributed by atoms with Crippen LogP contribution in [0, 0.1) is 5.92 Å². The van der Waals surface area contributed by atoms with Gasteiger partial charge < -0.3 is 49.1 Å². The van der Waals surface area contributed by atoms with Crippen molar-refractivity contribution in [2.75, 3.05) is 94.9 Å². The fourth-order valence-corrected chi connectivity index (χ4v) is 12.6. The first-order chi connectivity index (χ1) is 37.7. The average Bonchev–Trinajstić information content (AvgIpc) is 4.08. The summed E-state index contributed by atoms with van der Waals surface area (Å²) >= 11 is 0. The van der Waals surface area contributed by atoms with Crippen molar-refractivity contribution >= 4 is 40.4 Å². The predicted octanol–water partition coefficient (Wildman–Crippen LogP) is 7.22. The molecule has 2 N–H and O–H groups in total. The molecule has 4 aromatic heterocycles. The molecular formula is C59H73F2N10O7+. The van der Waals surface area contributed by atoms with Crippen LogP contribution in [-0.2, 0) is 19.1 Å². The number of carboxylic acid groups (broad SMARTS) is 1. The molecule has 4 aliphatic heterocycles. The zero-order valence-corrected chi connectivity index (χ0v) is 45.1. The number of piperidine rings is 2. The maximum atomic E-state index is 14.4. The SMILES string of the molecule is CC(C)N1CCC(c2ccc(-c3cc4c(N5CCN(C(=O)OC(CO)C(=O)O)CC5)cc[n+](C5CC5C(=O)N5CCN(c6ccnn7cc(-c8ccc([C@H]9CN(C(C)C)CC[C@@H]9OC(F)F)cc8)cc67)CC5)n4c3)cc2)CC1. The molecule has 0 spiro atoms. The molecule has 414 valence electrons. The molecule has 19 heteroatoms. The second-order valence-corrected chi connectivity index (χ2v) is 22.5. The summed E-state index contributed by atoms with van der Waals surface area (Å²) in [7, 11) is 0. The number of ether oxygens (including phenoxy) is 2. The summed E-state index contributed by atoms with van der Waals surface area (Å²) in [4.78, 5) is 51.7. The third kappa shape index (κ3) is 11.0. The van der Waals surface area contributed by atoms with Gasteiger partial charge in [0.2, 0.25) is 12.0 Å². The van der Waals surface area contributed by atoms with Gasteiger partial charge in [-0.2, -0.15) is 13.9 Å². The van der Waals surface area contributed by atoms with Crippen LogP contribution < -0.4 is 14.5 Å². The summed E-state index contributed by atoms with van der Waals surface area (Å²) in [6.07, 6.45) is 8.72. The van der Waals surface area contributed by atoms with Crippen LogP contribution in [-0.4, -0.2) is 178 Å². The van der Waals surface area contributed by atoms with Crippen LogP contribution in [0.2, 0.25) is 0 Å². The summed E-state index contributed by atoms with van der Waals surface area (Å²) in [5.74, 6) is -1.03. The Bertz CT molecular complexity index is 3090. The van der Waals surface area contributed by atoms with Gasteiger partial charge in [0.05, 0.1) is 35.8 Å². The minimum absolute atomic E-state index is 0.0374. The van der Waals surface area contributed by atoms with Crippen LogP contribution in [0.25, 0.3) is 33.3 Å². The molecule has 1 saturated carbocycles. The Morgan fingerprint density at radius 1 is 0.692 bits per heavy atom. The van der Waals surface area contributed by atoms with Crippen molar-refractivity contribution in [1.82, 2.24) is 33.7 Å². The molecule has 6 aromatic rings. The van der Waals surface area contributed by atoms with Gasteiger partial charge in [0, 0.05) is 119 Å². The maximum absolute atomic E-state index is 14.4. The number of carbonyl (C=O) groups excluding carboxylic acids is 2. The number of likely N-dealkylation sites (tertiary alicyclic amines) is 2. The van der Waals surface area contributed by atoms with E-state index < -0.39 is 37.5 Å². The molecule has 11 rings (SSSR count). The van der Waals surface area contributed by atoms with E-state index in [1.807, 2.05) is 40.0 Å². The lowest BCUT2D eigenvalue weighted by molar-refractivity contribution is -0.768. The van der Waals surface area contributed by atoms with Gasteiger partial charge in [-0.1, -0.05) is 48.5 Å². The van der Waals surface area contributed by atoms with E-state index in [4.69, 9.17) is 9.47 Å². The lowest BCUT2D eigenvalue weighted by Crippen LogP contribution is -2.51. The number of hydrogen-bond acceptors (Lipinski definition) is 11. The summed E-state index contributed by atoms with van der Waals surface area (Å²) in [5, 5.41) is 23.4. The standard InChI is InChI=1S/C59H72F2N10O7/c1-38(2)63-19-14-43(15-20-63)40-5-7-42(8-6-40)46-32-53-50(65-25-29-67(30-26-65)59(76)78-55(37-72)57(74)75)16-22-70(71(53)35-46)51-33-47(51)56(73)66-27-23-64(24-28-66)49-13-18-62-69-34-45(31-52(49)69)41-9-11-44(12-10-41)48-36-68(39(3)4)21-17-54(48)77-58(60)61/h5-13,16,18,22,31-32,34-35,38-39,43,47-48,51,54-55,58,72H,14-15,17,19-21,23-30,33,36-37H2,1-4H3/p+1/t47?,48-,51?,54+,55?/m1/s1. The van der Waals surface area contributed by atoms with Crippen molar-refractivity contribution in [1.29, 1.82) is 0 Å². The van der Waals surface area contributed by atoms with Crippen molar-refractivity contribution in [3.05, 3.63) is 109 Å². The van der Waals surface area contributed by atoms with E-state index in [1.54, 1.807) is 0 Å². The van der Waals surface area contributed by atoms with E-state index in [9.17, 15) is 33.4 Å². The molecule has 2 aromatic carbocycles. The molecule has 1 aliphatic carbocycles. The Hall–Kier alpha value is -6.67. The number of alkyl halides is 2.